The molecule has 1 aromatic carbocycles. The summed E-state index contributed by atoms with van der Waals surface area (Å²) in [7, 11) is 0. The fourth-order valence-corrected chi connectivity index (χ4v) is 1.36. The standard InChI is InChI=1S/C10H8F5NO/c1-4(17)5-2-7(10(13,14)15)8(16)3-6(5)9(11)12/h2-3,9H,16H2,1H3. The molecule has 0 heterocycles. The van der Waals surface area contributed by atoms with E-state index in [1.165, 1.54) is 0 Å². The maximum Gasteiger partial charge on any atom is 0.418 e. The Labute approximate surface area is 93.2 Å². The Hall–Kier alpha value is -1.66. The molecule has 0 unspecified atom stereocenters. The number of hydrogen-bond donors (Lipinski definition) is 1. The van der Waals surface area contributed by atoms with Crippen LogP contribution in [-0.4, -0.2) is 5.78 Å². The number of halogens is 5. The first-order valence-corrected chi connectivity index (χ1v) is 4.44. The Kier molecular flexibility index (Phi) is 3.40. The van der Waals surface area contributed by atoms with Gasteiger partial charge in [-0.05, 0) is 19.1 Å². The molecule has 0 spiro atoms. The Balaban J connectivity index is 3.51. The van der Waals surface area contributed by atoms with E-state index < -0.39 is 40.8 Å². The normalized spacial score (nSPS) is 11.9. The minimum atomic E-state index is -4.78. The Morgan fingerprint density at radius 1 is 1.29 bits per heavy atom. The van der Waals surface area contributed by atoms with Gasteiger partial charge in [-0.25, -0.2) is 8.78 Å². The Morgan fingerprint density at radius 3 is 2.18 bits per heavy atom. The Morgan fingerprint density at radius 2 is 1.82 bits per heavy atom. The molecule has 94 valence electrons. The van der Waals surface area contributed by atoms with Crippen molar-refractivity contribution in [3.05, 3.63) is 28.8 Å². The third-order valence-corrected chi connectivity index (χ3v) is 2.14. The van der Waals surface area contributed by atoms with Crippen LogP contribution in [0.1, 0.15) is 34.8 Å². The monoisotopic (exact) mass is 253 g/mol. The van der Waals surface area contributed by atoms with E-state index in [1.54, 1.807) is 0 Å². The van der Waals surface area contributed by atoms with E-state index in [1.807, 2.05) is 0 Å². The van der Waals surface area contributed by atoms with Crippen molar-refractivity contribution in [2.24, 2.45) is 0 Å². The molecular weight excluding hydrogens is 245 g/mol. The highest BCUT2D eigenvalue weighted by atomic mass is 19.4. The van der Waals surface area contributed by atoms with Crippen molar-refractivity contribution in [1.29, 1.82) is 0 Å². The summed E-state index contributed by atoms with van der Waals surface area (Å²) in [6.45, 7) is 0.914. The van der Waals surface area contributed by atoms with Crippen LogP contribution in [0, 0.1) is 0 Å². The fourth-order valence-electron chi connectivity index (χ4n) is 1.36. The van der Waals surface area contributed by atoms with Gasteiger partial charge >= 0.3 is 6.18 Å². The van der Waals surface area contributed by atoms with Crippen LogP contribution < -0.4 is 5.73 Å². The van der Waals surface area contributed by atoms with Gasteiger partial charge < -0.3 is 5.73 Å². The average Bonchev–Trinajstić information content (AvgIpc) is 2.14. The summed E-state index contributed by atoms with van der Waals surface area (Å²) in [6.07, 6.45) is -7.84. The molecule has 0 saturated carbocycles. The second-order valence-electron chi connectivity index (χ2n) is 3.38. The summed E-state index contributed by atoms with van der Waals surface area (Å²) in [5.74, 6) is -0.870. The van der Waals surface area contributed by atoms with Crippen LogP contribution in [0.2, 0.25) is 0 Å². The first-order valence-electron chi connectivity index (χ1n) is 4.44. The molecule has 2 N–H and O–H groups in total. The lowest BCUT2D eigenvalue weighted by molar-refractivity contribution is -0.136. The maximum absolute atomic E-state index is 12.5. The third kappa shape index (κ3) is 2.72. The number of ketones is 1. The number of alkyl halides is 5. The highest BCUT2D eigenvalue weighted by Gasteiger charge is 2.35. The van der Waals surface area contributed by atoms with Crippen molar-refractivity contribution >= 4 is 11.5 Å². The van der Waals surface area contributed by atoms with Gasteiger partial charge in [-0.1, -0.05) is 0 Å². The zero-order valence-electron chi connectivity index (χ0n) is 8.61. The van der Waals surface area contributed by atoms with E-state index in [9.17, 15) is 26.7 Å². The summed E-state index contributed by atoms with van der Waals surface area (Å²) in [4.78, 5) is 11.0. The zero-order valence-corrected chi connectivity index (χ0v) is 8.61. The number of benzene rings is 1. The number of anilines is 1. The van der Waals surface area contributed by atoms with Crippen LogP contribution in [0.15, 0.2) is 12.1 Å². The van der Waals surface area contributed by atoms with Gasteiger partial charge in [0.25, 0.3) is 6.43 Å². The average molecular weight is 253 g/mol. The molecule has 0 aromatic heterocycles. The molecule has 2 nitrogen and oxygen atoms in total. The predicted molar refractivity (Wildman–Crippen MR) is 50.8 cm³/mol. The highest BCUT2D eigenvalue weighted by Crippen LogP contribution is 2.37. The summed E-state index contributed by atoms with van der Waals surface area (Å²) in [5, 5.41) is 0. The quantitative estimate of drug-likeness (QED) is 0.498. The van der Waals surface area contributed by atoms with Crippen LogP contribution in [0.4, 0.5) is 27.6 Å². The van der Waals surface area contributed by atoms with E-state index in [-0.39, 0.29) is 0 Å². The molecule has 0 bridgehead atoms. The van der Waals surface area contributed by atoms with Crippen molar-refractivity contribution in [3.63, 3.8) is 0 Å². The second-order valence-corrected chi connectivity index (χ2v) is 3.38. The van der Waals surface area contributed by atoms with Crippen molar-refractivity contribution < 1.29 is 26.7 Å². The number of carbonyl (C=O) groups is 1. The summed E-state index contributed by atoms with van der Waals surface area (Å²) in [5.41, 5.74) is 1.49. The minimum Gasteiger partial charge on any atom is -0.398 e. The van der Waals surface area contributed by atoms with Gasteiger partial charge in [0, 0.05) is 16.8 Å². The molecular formula is C10H8F5NO. The minimum absolute atomic E-state index is 0.360. The molecule has 17 heavy (non-hydrogen) atoms. The van der Waals surface area contributed by atoms with Crippen LogP contribution in [0.3, 0.4) is 0 Å². The Bertz CT molecular complexity index is 453. The van der Waals surface area contributed by atoms with Gasteiger partial charge in [0.15, 0.2) is 5.78 Å². The van der Waals surface area contributed by atoms with E-state index in [0.717, 1.165) is 6.92 Å². The SMILES string of the molecule is CC(=O)c1cc(C(F)(F)F)c(N)cc1C(F)F. The molecule has 7 heteroatoms. The van der Waals surface area contributed by atoms with Gasteiger partial charge in [0.05, 0.1) is 5.56 Å². The maximum atomic E-state index is 12.5. The molecule has 0 fully saturated rings. The number of nitrogen functional groups attached to an aromatic ring is 1. The van der Waals surface area contributed by atoms with Crippen LogP contribution in [0.5, 0.6) is 0 Å². The van der Waals surface area contributed by atoms with Crippen molar-refractivity contribution in [2.75, 3.05) is 5.73 Å². The first kappa shape index (κ1) is 13.4. The molecule has 0 radical (unpaired) electrons. The van der Waals surface area contributed by atoms with E-state index in [0.29, 0.717) is 12.1 Å². The molecule has 0 amide bonds. The van der Waals surface area contributed by atoms with Crippen LogP contribution in [-0.2, 0) is 6.18 Å². The summed E-state index contributed by atoms with van der Waals surface area (Å²) in [6, 6.07) is 0.851. The van der Waals surface area contributed by atoms with E-state index >= 15 is 0 Å². The number of Topliss-reactive ketones (excluding diaryl/α,β-unsaturated/α-hetero) is 1. The zero-order chi connectivity index (χ0) is 13.4. The lowest BCUT2D eigenvalue weighted by Crippen LogP contribution is -2.12. The molecule has 1 rings (SSSR count). The number of rotatable bonds is 2. The number of carbonyl (C=O) groups excluding carboxylic acids is 1. The lowest BCUT2D eigenvalue weighted by atomic mass is 9.99. The van der Waals surface area contributed by atoms with Gasteiger partial charge in [-0.15, -0.1) is 0 Å². The van der Waals surface area contributed by atoms with E-state index in [2.05, 4.69) is 0 Å². The molecule has 1 aromatic rings. The first-order chi connectivity index (χ1) is 7.64. The van der Waals surface area contributed by atoms with Crippen molar-refractivity contribution in [1.82, 2.24) is 0 Å². The largest absolute Gasteiger partial charge is 0.418 e. The molecule has 0 aliphatic heterocycles. The summed E-state index contributed by atoms with van der Waals surface area (Å²) >= 11 is 0. The van der Waals surface area contributed by atoms with Gasteiger partial charge in [-0.3, -0.25) is 4.79 Å². The van der Waals surface area contributed by atoms with Crippen molar-refractivity contribution in [3.8, 4) is 0 Å². The second kappa shape index (κ2) is 4.31. The van der Waals surface area contributed by atoms with Gasteiger partial charge in [0.1, 0.15) is 0 Å². The predicted octanol–water partition coefficient (Wildman–Crippen LogP) is 3.43. The molecule has 0 aliphatic carbocycles. The van der Waals surface area contributed by atoms with Crippen LogP contribution in [0.25, 0.3) is 0 Å². The lowest BCUT2D eigenvalue weighted by Gasteiger charge is -2.14. The van der Waals surface area contributed by atoms with E-state index in [4.69, 9.17) is 5.73 Å². The van der Waals surface area contributed by atoms with Gasteiger partial charge in [-0.2, -0.15) is 13.2 Å². The molecule has 0 atom stereocenters. The molecule has 0 aliphatic rings. The van der Waals surface area contributed by atoms with Crippen molar-refractivity contribution in [2.45, 2.75) is 19.5 Å². The fraction of sp³-hybridized carbons (Fsp3) is 0.300. The highest BCUT2D eigenvalue weighted by molar-refractivity contribution is 5.96. The topological polar surface area (TPSA) is 43.1 Å². The number of nitrogens with two attached hydrogens (primary N) is 1. The molecule has 0 saturated heterocycles. The summed E-state index contributed by atoms with van der Waals surface area (Å²) < 4.78 is 62.4. The van der Waals surface area contributed by atoms with Gasteiger partial charge in [0.2, 0.25) is 0 Å². The van der Waals surface area contributed by atoms with Crippen LogP contribution >= 0.6 is 0 Å². The smallest absolute Gasteiger partial charge is 0.398 e. The third-order valence-electron chi connectivity index (χ3n) is 2.14. The number of hydrogen-bond acceptors (Lipinski definition) is 2.